The zero-order chi connectivity index (χ0) is 24.1. The van der Waals surface area contributed by atoms with Crippen LogP contribution in [0.3, 0.4) is 0 Å². The van der Waals surface area contributed by atoms with Crippen LogP contribution in [-0.4, -0.2) is 29.6 Å². The van der Waals surface area contributed by atoms with Gasteiger partial charge in [0.1, 0.15) is 5.00 Å². The Morgan fingerprint density at radius 1 is 0.912 bits per heavy atom. The number of carboxylic acids is 1. The highest BCUT2D eigenvalue weighted by atomic mass is 32.1. The number of esters is 1. The topological polar surface area (TPSA) is 92.7 Å². The molecule has 1 amide bonds. The van der Waals surface area contributed by atoms with Crippen molar-refractivity contribution in [2.45, 2.75) is 96.8 Å². The van der Waals surface area contributed by atoms with Crippen molar-refractivity contribution >= 4 is 34.2 Å². The van der Waals surface area contributed by atoms with Crippen LogP contribution >= 0.6 is 11.3 Å². The van der Waals surface area contributed by atoms with Gasteiger partial charge in [-0.3, -0.25) is 9.59 Å². The molecule has 3 aliphatic carbocycles. The second-order valence-corrected chi connectivity index (χ2v) is 11.4. The number of nitrogens with one attached hydrogen (secondary N) is 1. The van der Waals surface area contributed by atoms with Crippen LogP contribution < -0.4 is 5.32 Å². The molecule has 6 nitrogen and oxygen atoms in total. The number of ether oxygens (including phenoxy) is 1. The molecule has 3 aliphatic rings. The summed E-state index contributed by atoms with van der Waals surface area (Å²) in [5.74, 6) is -2.39. The number of anilines is 1. The van der Waals surface area contributed by atoms with E-state index in [9.17, 15) is 19.5 Å². The van der Waals surface area contributed by atoms with Gasteiger partial charge in [0.2, 0.25) is 5.91 Å². The van der Waals surface area contributed by atoms with Gasteiger partial charge in [-0.15, -0.1) is 11.3 Å². The van der Waals surface area contributed by atoms with E-state index in [0.29, 0.717) is 10.6 Å². The minimum Gasteiger partial charge on any atom is -0.481 e. The molecule has 188 valence electrons. The van der Waals surface area contributed by atoms with Crippen LogP contribution in [-0.2, 0) is 27.2 Å². The lowest BCUT2D eigenvalue weighted by Gasteiger charge is -2.27. The molecule has 1 aromatic rings. The molecular formula is C27H39NO5S. The van der Waals surface area contributed by atoms with Crippen molar-refractivity contribution in [3.8, 4) is 0 Å². The second kappa shape index (κ2) is 11.7. The Labute approximate surface area is 206 Å². The summed E-state index contributed by atoms with van der Waals surface area (Å²) < 4.78 is 5.42. The average molecular weight is 490 g/mol. The maximum atomic E-state index is 13.4. The Morgan fingerprint density at radius 2 is 1.50 bits per heavy atom. The summed E-state index contributed by atoms with van der Waals surface area (Å²) in [6.45, 7) is 2.08. The van der Waals surface area contributed by atoms with Crippen LogP contribution in [0.15, 0.2) is 0 Å². The zero-order valence-electron chi connectivity index (χ0n) is 20.4. The minimum atomic E-state index is -0.869. The summed E-state index contributed by atoms with van der Waals surface area (Å²) >= 11 is 1.51. The first kappa shape index (κ1) is 25.2. The largest absolute Gasteiger partial charge is 0.481 e. The fourth-order valence-corrected chi connectivity index (χ4v) is 7.81. The molecule has 0 spiro atoms. The van der Waals surface area contributed by atoms with E-state index in [0.717, 1.165) is 56.9 Å². The first-order valence-corrected chi connectivity index (χ1v) is 14.2. The van der Waals surface area contributed by atoms with Gasteiger partial charge < -0.3 is 15.2 Å². The highest BCUT2D eigenvalue weighted by Crippen LogP contribution is 2.53. The molecule has 2 N–H and O–H groups in total. The summed E-state index contributed by atoms with van der Waals surface area (Å²) in [6.07, 6.45) is 15.1. The first-order valence-electron chi connectivity index (χ1n) is 13.4. The fourth-order valence-electron chi connectivity index (χ4n) is 6.53. The molecule has 2 saturated carbocycles. The lowest BCUT2D eigenvalue weighted by atomic mass is 9.78. The van der Waals surface area contributed by atoms with E-state index in [1.54, 1.807) is 6.92 Å². The zero-order valence-corrected chi connectivity index (χ0v) is 21.2. The number of thiophene rings is 1. The van der Waals surface area contributed by atoms with E-state index in [2.05, 4.69) is 5.32 Å². The average Bonchev–Trinajstić information content (AvgIpc) is 3.50. The van der Waals surface area contributed by atoms with Crippen molar-refractivity contribution in [2.75, 3.05) is 11.9 Å². The number of hydrogen-bond donors (Lipinski definition) is 2. The second-order valence-electron chi connectivity index (χ2n) is 10.3. The maximum Gasteiger partial charge on any atom is 0.341 e. The first-order chi connectivity index (χ1) is 16.5. The van der Waals surface area contributed by atoms with Crippen LogP contribution in [0.4, 0.5) is 5.00 Å². The van der Waals surface area contributed by atoms with Crippen molar-refractivity contribution in [1.82, 2.24) is 0 Å². The minimum absolute atomic E-state index is 0.0933. The van der Waals surface area contributed by atoms with Crippen LogP contribution in [0.25, 0.3) is 0 Å². The van der Waals surface area contributed by atoms with Gasteiger partial charge in [-0.2, -0.15) is 0 Å². The molecule has 1 heterocycles. The lowest BCUT2D eigenvalue weighted by molar-refractivity contribution is -0.148. The highest BCUT2D eigenvalue weighted by molar-refractivity contribution is 7.17. The number of fused-ring (bicyclic) bond motifs is 3. The summed E-state index contributed by atoms with van der Waals surface area (Å²) in [7, 11) is 0. The van der Waals surface area contributed by atoms with Crippen molar-refractivity contribution in [1.29, 1.82) is 0 Å². The molecule has 0 radical (unpaired) electrons. The number of aryl methyl sites for hydroxylation is 1. The van der Waals surface area contributed by atoms with Crippen molar-refractivity contribution < 1.29 is 24.2 Å². The van der Waals surface area contributed by atoms with Crippen LogP contribution in [0, 0.1) is 23.7 Å². The van der Waals surface area contributed by atoms with E-state index < -0.39 is 17.8 Å². The van der Waals surface area contributed by atoms with Crippen LogP contribution in [0.5, 0.6) is 0 Å². The highest BCUT2D eigenvalue weighted by Gasteiger charge is 2.54. The molecule has 7 heteroatoms. The molecule has 34 heavy (non-hydrogen) atoms. The van der Waals surface area contributed by atoms with E-state index in [-0.39, 0.29) is 30.3 Å². The van der Waals surface area contributed by atoms with Gasteiger partial charge in [-0.1, -0.05) is 44.9 Å². The standard InChI is InChI=1S/C27H39NO5S/c1-2-33-27(32)23-19-12-10-8-6-4-3-5-7-9-11-13-20(19)34-25(23)28-24(29)21-17-14-15-18(16-17)22(21)26(30)31/h17-18,21-22H,2-16H2,1H3,(H,28,29)(H,30,31)/t17-,18-,21-,22+/m0/s1. The van der Waals surface area contributed by atoms with Gasteiger partial charge in [-0.05, 0) is 69.3 Å². The van der Waals surface area contributed by atoms with Crippen molar-refractivity contribution in [2.24, 2.45) is 23.7 Å². The summed E-state index contributed by atoms with van der Waals surface area (Å²) in [4.78, 5) is 39.6. The predicted octanol–water partition coefficient (Wildman–Crippen LogP) is 6.22. The molecule has 2 bridgehead atoms. The van der Waals surface area contributed by atoms with E-state index in [1.165, 1.54) is 54.7 Å². The van der Waals surface area contributed by atoms with Crippen LogP contribution in [0.2, 0.25) is 0 Å². The van der Waals surface area contributed by atoms with Gasteiger partial charge in [0.25, 0.3) is 0 Å². The maximum absolute atomic E-state index is 13.4. The van der Waals surface area contributed by atoms with Crippen molar-refractivity contribution in [3.05, 3.63) is 16.0 Å². The molecule has 4 rings (SSSR count). The molecule has 1 aromatic heterocycles. The Morgan fingerprint density at radius 3 is 2.12 bits per heavy atom. The lowest BCUT2D eigenvalue weighted by Crippen LogP contribution is -2.38. The molecule has 2 fully saturated rings. The van der Waals surface area contributed by atoms with Gasteiger partial charge >= 0.3 is 11.9 Å². The van der Waals surface area contributed by atoms with E-state index in [1.807, 2.05) is 0 Å². The smallest absolute Gasteiger partial charge is 0.341 e. The van der Waals surface area contributed by atoms with Gasteiger partial charge in [-0.25, -0.2) is 4.79 Å². The van der Waals surface area contributed by atoms with Crippen LogP contribution in [0.1, 0.15) is 105 Å². The Hall–Kier alpha value is -1.89. The molecule has 0 aromatic carbocycles. The summed E-state index contributed by atoms with van der Waals surface area (Å²) in [5.41, 5.74) is 1.56. The summed E-state index contributed by atoms with van der Waals surface area (Å²) in [6, 6.07) is 0. The van der Waals surface area contributed by atoms with Gasteiger partial charge in [0.15, 0.2) is 0 Å². The SMILES string of the molecule is CCOC(=O)c1c(NC(=O)[C@H]2[C@H]3CC[C@@H](C3)[C@H]2C(=O)O)sc2c1CCCCCCCCCCC2. The molecule has 0 unspecified atom stereocenters. The number of aliphatic carboxylic acids is 1. The quantitative estimate of drug-likeness (QED) is 0.479. The predicted molar refractivity (Wildman–Crippen MR) is 133 cm³/mol. The number of amides is 1. The fraction of sp³-hybridized carbons (Fsp3) is 0.741. The third-order valence-corrected chi connectivity index (χ3v) is 9.35. The Bertz CT molecular complexity index is 894. The van der Waals surface area contributed by atoms with Gasteiger partial charge in [0.05, 0.1) is 24.0 Å². The molecule has 0 aliphatic heterocycles. The third-order valence-electron chi connectivity index (χ3n) is 8.14. The van der Waals surface area contributed by atoms with Crippen molar-refractivity contribution in [3.63, 3.8) is 0 Å². The number of carboxylic acid groups (broad SMARTS) is 1. The summed E-state index contributed by atoms with van der Waals surface area (Å²) in [5, 5.41) is 13.4. The Kier molecular flexibility index (Phi) is 8.67. The number of carbonyl (C=O) groups excluding carboxylic acids is 2. The van der Waals surface area contributed by atoms with E-state index >= 15 is 0 Å². The Balaban J connectivity index is 1.61. The number of rotatable bonds is 5. The monoisotopic (exact) mass is 489 g/mol. The van der Waals surface area contributed by atoms with Gasteiger partial charge in [0, 0.05) is 4.88 Å². The number of hydrogen-bond acceptors (Lipinski definition) is 5. The number of carbonyl (C=O) groups is 3. The molecule has 0 saturated heterocycles. The van der Waals surface area contributed by atoms with E-state index in [4.69, 9.17) is 4.74 Å². The molecule has 4 atom stereocenters. The normalized spacial score (nSPS) is 27.7. The molecular weight excluding hydrogens is 450 g/mol. The third kappa shape index (κ3) is 5.50.